The number of phenolic OH excluding ortho intramolecular Hbond substituents is 1. The lowest BCUT2D eigenvalue weighted by atomic mass is 9.96. The first-order valence-corrected chi connectivity index (χ1v) is 7.47. The summed E-state index contributed by atoms with van der Waals surface area (Å²) in [5.74, 6) is 0.488. The number of para-hydroxylation sites is 1. The molecular weight excluding hydrogens is 236 g/mol. The largest absolute Gasteiger partial charge is 0.507 e. The van der Waals surface area contributed by atoms with Crippen molar-refractivity contribution in [2.45, 2.75) is 39.2 Å². The Hall–Kier alpha value is -1.06. The molecule has 1 aliphatic rings. The summed E-state index contributed by atoms with van der Waals surface area (Å²) in [6.45, 7) is 8.45. The van der Waals surface area contributed by atoms with Crippen LogP contribution in [0, 0.1) is 6.92 Å². The number of hydrogen-bond donors (Lipinski definition) is 2. The molecule has 1 aromatic rings. The number of rotatable bonds is 5. The van der Waals surface area contributed by atoms with Crippen LogP contribution in [0.2, 0.25) is 0 Å². The molecule has 0 aliphatic carbocycles. The molecule has 1 heterocycles. The molecule has 19 heavy (non-hydrogen) atoms. The number of unbranched alkanes of at least 4 members (excludes halogenated alkanes) is 1. The predicted octanol–water partition coefficient (Wildman–Crippen LogP) is 2.84. The lowest BCUT2D eigenvalue weighted by Crippen LogP contribution is -2.45. The van der Waals surface area contributed by atoms with Crippen LogP contribution in [0.4, 0.5) is 0 Å². The first kappa shape index (κ1) is 14.4. The molecular formula is C16H26N2O. The second-order valence-electron chi connectivity index (χ2n) is 5.46. The summed E-state index contributed by atoms with van der Waals surface area (Å²) in [7, 11) is 0. The Morgan fingerprint density at radius 3 is 2.74 bits per heavy atom. The van der Waals surface area contributed by atoms with Crippen LogP contribution in [0.3, 0.4) is 0 Å². The molecule has 0 spiro atoms. The van der Waals surface area contributed by atoms with Gasteiger partial charge >= 0.3 is 0 Å². The Morgan fingerprint density at radius 1 is 1.32 bits per heavy atom. The van der Waals surface area contributed by atoms with Crippen LogP contribution < -0.4 is 5.32 Å². The number of piperazine rings is 1. The summed E-state index contributed by atoms with van der Waals surface area (Å²) < 4.78 is 0. The maximum absolute atomic E-state index is 10.4. The molecule has 0 aromatic heterocycles. The van der Waals surface area contributed by atoms with Crippen LogP contribution in [0.15, 0.2) is 18.2 Å². The van der Waals surface area contributed by atoms with Crippen molar-refractivity contribution < 1.29 is 5.11 Å². The second kappa shape index (κ2) is 6.92. The van der Waals surface area contributed by atoms with Gasteiger partial charge in [-0.25, -0.2) is 0 Å². The Kier molecular flexibility index (Phi) is 5.23. The summed E-state index contributed by atoms with van der Waals surface area (Å²) >= 11 is 0. The first-order chi connectivity index (χ1) is 9.24. The van der Waals surface area contributed by atoms with Crippen LogP contribution in [0.25, 0.3) is 0 Å². The van der Waals surface area contributed by atoms with Gasteiger partial charge in [-0.1, -0.05) is 38.0 Å². The third kappa shape index (κ3) is 3.48. The van der Waals surface area contributed by atoms with Gasteiger partial charge in [0.05, 0.1) is 0 Å². The smallest absolute Gasteiger partial charge is 0.123 e. The lowest BCUT2D eigenvalue weighted by Gasteiger charge is -2.35. The fourth-order valence-electron chi connectivity index (χ4n) is 2.88. The minimum absolute atomic E-state index is 0.363. The van der Waals surface area contributed by atoms with Gasteiger partial charge in [-0.3, -0.25) is 4.90 Å². The molecule has 1 aliphatic heterocycles. The zero-order valence-electron chi connectivity index (χ0n) is 12.2. The van der Waals surface area contributed by atoms with Crippen molar-refractivity contribution in [3.8, 4) is 5.75 Å². The molecule has 1 aromatic carbocycles. The molecule has 0 bridgehead atoms. The number of benzene rings is 1. The van der Waals surface area contributed by atoms with Crippen molar-refractivity contribution in [1.82, 2.24) is 10.2 Å². The van der Waals surface area contributed by atoms with Crippen molar-refractivity contribution in [2.75, 3.05) is 26.2 Å². The van der Waals surface area contributed by atoms with Gasteiger partial charge in [0, 0.05) is 37.8 Å². The predicted molar refractivity (Wildman–Crippen MR) is 79.6 cm³/mol. The number of aryl methyl sites for hydroxylation is 1. The van der Waals surface area contributed by atoms with E-state index in [9.17, 15) is 5.11 Å². The monoisotopic (exact) mass is 262 g/mol. The van der Waals surface area contributed by atoms with Gasteiger partial charge in [-0.15, -0.1) is 0 Å². The minimum atomic E-state index is 0.363. The molecule has 0 saturated carbocycles. The molecule has 1 atom stereocenters. The summed E-state index contributed by atoms with van der Waals surface area (Å²) in [6.07, 6.45) is 3.55. The maximum atomic E-state index is 10.4. The highest BCUT2D eigenvalue weighted by Gasteiger charge is 2.24. The Bertz CT molecular complexity index is 400. The number of phenols is 1. The topological polar surface area (TPSA) is 35.5 Å². The van der Waals surface area contributed by atoms with Crippen molar-refractivity contribution in [2.24, 2.45) is 0 Å². The number of aromatic hydroxyl groups is 1. The SMILES string of the molecule is CCCC[C@@H](c1cccc(C)c1O)N1CCNCC1. The van der Waals surface area contributed by atoms with E-state index >= 15 is 0 Å². The molecule has 1 saturated heterocycles. The third-order valence-electron chi connectivity index (χ3n) is 4.05. The standard InChI is InChI=1S/C16H26N2O/c1-3-4-8-15(18-11-9-17-10-12-18)14-7-5-6-13(2)16(14)19/h5-7,15,17,19H,3-4,8-12H2,1-2H3/t15-/m0/s1. The summed E-state index contributed by atoms with van der Waals surface area (Å²) in [6, 6.07) is 6.49. The fraction of sp³-hybridized carbons (Fsp3) is 0.625. The van der Waals surface area contributed by atoms with Crippen molar-refractivity contribution in [3.05, 3.63) is 29.3 Å². The van der Waals surface area contributed by atoms with Crippen LogP contribution in [0.5, 0.6) is 5.75 Å². The molecule has 3 heteroatoms. The minimum Gasteiger partial charge on any atom is -0.507 e. The van der Waals surface area contributed by atoms with E-state index in [1.54, 1.807) is 0 Å². The van der Waals surface area contributed by atoms with E-state index in [0.29, 0.717) is 11.8 Å². The fourth-order valence-corrected chi connectivity index (χ4v) is 2.88. The van der Waals surface area contributed by atoms with E-state index in [-0.39, 0.29) is 0 Å². The number of nitrogens with zero attached hydrogens (tertiary/aromatic N) is 1. The van der Waals surface area contributed by atoms with E-state index in [1.165, 1.54) is 12.8 Å². The Morgan fingerprint density at radius 2 is 2.05 bits per heavy atom. The second-order valence-corrected chi connectivity index (χ2v) is 5.46. The van der Waals surface area contributed by atoms with E-state index in [0.717, 1.165) is 43.7 Å². The van der Waals surface area contributed by atoms with Gasteiger partial charge in [-0.2, -0.15) is 0 Å². The number of nitrogens with one attached hydrogen (secondary N) is 1. The van der Waals surface area contributed by atoms with Crippen molar-refractivity contribution in [1.29, 1.82) is 0 Å². The first-order valence-electron chi connectivity index (χ1n) is 7.47. The van der Waals surface area contributed by atoms with E-state index in [1.807, 2.05) is 13.0 Å². The Balaban J connectivity index is 2.22. The van der Waals surface area contributed by atoms with Gasteiger partial charge in [-0.05, 0) is 18.9 Å². The zero-order chi connectivity index (χ0) is 13.7. The van der Waals surface area contributed by atoms with Crippen molar-refractivity contribution >= 4 is 0 Å². The maximum Gasteiger partial charge on any atom is 0.123 e. The average molecular weight is 262 g/mol. The quantitative estimate of drug-likeness (QED) is 0.856. The van der Waals surface area contributed by atoms with Crippen LogP contribution in [0.1, 0.15) is 43.4 Å². The highest BCUT2D eigenvalue weighted by Crippen LogP contribution is 2.34. The van der Waals surface area contributed by atoms with Gasteiger partial charge in [0.1, 0.15) is 5.75 Å². The van der Waals surface area contributed by atoms with E-state index < -0.39 is 0 Å². The molecule has 3 nitrogen and oxygen atoms in total. The van der Waals surface area contributed by atoms with Gasteiger partial charge in [0.25, 0.3) is 0 Å². The average Bonchev–Trinajstić information content (AvgIpc) is 2.45. The van der Waals surface area contributed by atoms with Gasteiger partial charge < -0.3 is 10.4 Å². The van der Waals surface area contributed by atoms with E-state index in [2.05, 4.69) is 29.3 Å². The number of hydrogen-bond acceptors (Lipinski definition) is 3. The van der Waals surface area contributed by atoms with Gasteiger partial charge in [0.15, 0.2) is 0 Å². The summed E-state index contributed by atoms with van der Waals surface area (Å²) in [5.41, 5.74) is 2.09. The zero-order valence-corrected chi connectivity index (χ0v) is 12.2. The lowest BCUT2D eigenvalue weighted by molar-refractivity contribution is 0.160. The summed E-state index contributed by atoms with van der Waals surface area (Å²) in [5, 5.41) is 13.8. The molecule has 106 valence electrons. The van der Waals surface area contributed by atoms with Crippen LogP contribution >= 0.6 is 0 Å². The molecule has 0 unspecified atom stereocenters. The highest BCUT2D eigenvalue weighted by molar-refractivity contribution is 5.41. The Labute approximate surface area is 116 Å². The molecule has 2 N–H and O–H groups in total. The highest BCUT2D eigenvalue weighted by atomic mass is 16.3. The third-order valence-corrected chi connectivity index (χ3v) is 4.05. The molecule has 2 rings (SSSR count). The van der Waals surface area contributed by atoms with Crippen molar-refractivity contribution in [3.63, 3.8) is 0 Å². The normalized spacial score (nSPS) is 18.4. The van der Waals surface area contributed by atoms with Crippen LogP contribution in [-0.2, 0) is 0 Å². The molecule has 0 amide bonds. The van der Waals surface area contributed by atoms with Gasteiger partial charge in [0.2, 0.25) is 0 Å². The van der Waals surface area contributed by atoms with Crippen LogP contribution in [-0.4, -0.2) is 36.2 Å². The molecule has 0 radical (unpaired) electrons. The summed E-state index contributed by atoms with van der Waals surface area (Å²) in [4.78, 5) is 2.51. The van der Waals surface area contributed by atoms with E-state index in [4.69, 9.17) is 0 Å². The molecule has 1 fully saturated rings.